The molecule has 0 aliphatic rings. The van der Waals surface area contributed by atoms with E-state index in [1.807, 2.05) is 0 Å². The summed E-state index contributed by atoms with van der Waals surface area (Å²) in [5, 5.41) is -4.06. The summed E-state index contributed by atoms with van der Waals surface area (Å²) in [5.74, 6) is 0. The van der Waals surface area contributed by atoms with E-state index in [1.165, 1.54) is 0 Å². The van der Waals surface area contributed by atoms with E-state index in [4.69, 9.17) is 41.0 Å². The zero-order valence-electron chi connectivity index (χ0n) is 8.78. The van der Waals surface area contributed by atoms with Crippen molar-refractivity contribution in [2.45, 2.75) is 0 Å². The van der Waals surface area contributed by atoms with Crippen LogP contribution in [0.25, 0.3) is 0 Å². The van der Waals surface area contributed by atoms with Gasteiger partial charge in [-0.1, -0.05) is 11.6 Å². The molecular formula is C6H8ClO9P3. The van der Waals surface area contributed by atoms with Crippen LogP contribution in [0.15, 0.2) is 12.1 Å². The van der Waals surface area contributed by atoms with Crippen molar-refractivity contribution >= 4 is 50.3 Å². The highest BCUT2D eigenvalue weighted by Gasteiger charge is 2.35. The topological polar surface area (TPSA) is 173 Å². The van der Waals surface area contributed by atoms with Crippen molar-refractivity contribution in [2.75, 3.05) is 0 Å². The maximum atomic E-state index is 11.2. The van der Waals surface area contributed by atoms with Crippen LogP contribution in [-0.2, 0) is 13.7 Å². The molecule has 108 valence electrons. The van der Waals surface area contributed by atoms with Gasteiger partial charge in [0.15, 0.2) is 0 Å². The molecule has 0 aromatic heterocycles. The van der Waals surface area contributed by atoms with Crippen LogP contribution in [0, 0.1) is 0 Å². The molecule has 0 bridgehead atoms. The highest BCUT2D eigenvalue weighted by atomic mass is 35.5. The largest absolute Gasteiger partial charge is 0.358 e. The molecule has 0 aliphatic carbocycles. The number of rotatable bonds is 3. The number of benzene rings is 1. The second-order valence-electron chi connectivity index (χ2n) is 3.43. The third-order valence-corrected chi connectivity index (χ3v) is 5.55. The van der Waals surface area contributed by atoms with Crippen LogP contribution < -0.4 is 15.9 Å². The smallest absolute Gasteiger partial charge is 0.321 e. The number of hydrogen-bond donors (Lipinski definition) is 6. The monoisotopic (exact) mass is 352 g/mol. The first kappa shape index (κ1) is 17.0. The molecule has 0 unspecified atom stereocenters. The third kappa shape index (κ3) is 3.97. The molecule has 1 rings (SSSR count). The van der Waals surface area contributed by atoms with Gasteiger partial charge in [-0.05, 0) is 12.1 Å². The highest BCUT2D eigenvalue weighted by Crippen LogP contribution is 2.44. The van der Waals surface area contributed by atoms with Crippen LogP contribution in [0.3, 0.4) is 0 Å². The lowest BCUT2D eigenvalue weighted by molar-refractivity contribution is 0.381. The summed E-state index contributed by atoms with van der Waals surface area (Å²) in [5.41, 5.74) is 0. The highest BCUT2D eigenvalue weighted by molar-refractivity contribution is 7.67. The van der Waals surface area contributed by atoms with Gasteiger partial charge in [-0.3, -0.25) is 13.7 Å². The zero-order valence-corrected chi connectivity index (χ0v) is 12.2. The minimum absolute atomic E-state index is 0.335. The van der Waals surface area contributed by atoms with Gasteiger partial charge in [-0.2, -0.15) is 0 Å². The summed E-state index contributed by atoms with van der Waals surface area (Å²) >= 11 is 5.45. The fourth-order valence-electron chi connectivity index (χ4n) is 1.25. The lowest BCUT2D eigenvalue weighted by atomic mass is 10.3. The normalized spacial score (nSPS) is 13.6. The van der Waals surface area contributed by atoms with Crippen LogP contribution in [0.1, 0.15) is 0 Å². The van der Waals surface area contributed by atoms with Crippen LogP contribution in [0.2, 0.25) is 5.02 Å². The van der Waals surface area contributed by atoms with Gasteiger partial charge in [0.05, 0.1) is 20.9 Å². The molecule has 0 heterocycles. The van der Waals surface area contributed by atoms with Gasteiger partial charge in [0.2, 0.25) is 0 Å². The van der Waals surface area contributed by atoms with Crippen molar-refractivity contribution in [1.82, 2.24) is 0 Å². The molecule has 19 heavy (non-hydrogen) atoms. The Morgan fingerprint density at radius 3 is 1.58 bits per heavy atom. The maximum Gasteiger partial charge on any atom is 0.358 e. The first-order valence-electron chi connectivity index (χ1n) is 4.26. The van der Waals surface area contributed by atoms with Gasteiger partial charge in [0, 0.05) is 0 Å². The molecular weight excluding hydrogens is 344 g/mol. The minimum atomic E-state index is -5.20. The second kappa shape index (κ2) is 5.06. The lowest BCUT2D eigenvalue weighted by Gasteiger charge is -2.16. The first-order chi connectivity index (χ1) is 8.24. The molecule has 0 saturated heterocycles. The average Bonchev–Trinajstić information content (AvgIpc) is 2.11. The van der Waals surface area contributed by atoms with Crippen molar-refractivity contribution in [1.29, 1.82) is 0 Å². The van der Waals surface area contributed by atoms with Gasteiger partial charge in [0.25, 0.3) is 0 Å². The molecule has 0 radical (unpaired) electrons. The Labute approximate surface area is 111 Å². The standard InChI is InChI=1S/C6H8ClO9P3/c7-4-1-3(17(8,9)10)2-5(18(11,12)13)6(4)19(14,15)16/h1-2H,(H2,8,9,10)(H2,11,12,13)(H2,14,15,16). The van der Waals surface area contributed by atoms with E-state index in [-0.39, 0.29) is 0 Å². The molecule has 0 amide bonds. The molecule has 1 aromatic rings. The van der Waals surface area contributed by atoms with E-state index in [2.05, 4.69) is 0 Å². The Morgan fingerprint density at radius 2 is 1.26 bits per heavy atom. The predicted molar refractivity (Wildman–Crippen MR) is 66.5 cm³/mol. The van der Waals surface area contributed by atoms with E-state index in [0.29, 0.717) is 12.1 Å². The zero-order chi connectivity index (χ0) is 15.2. The van der Waals surface area contributed by atoms with Gasteiger partial charge in [0.1, 0.15) is 0 Å². The van der Waals surface area contributed by atoms with E-state index in [9.17, 15) is 13.7 Å². The van der Waals surface area contributed by atoms with E-state index in [1.54, 1.807) is 0 Å². The Kier molecular flexibility index (Phi) is 4.53. The second-order valence-corrected chi connectivity index (χ2v) is 8.54. The number of hydrogen-bond acceptors (Lipinski definition) is 3. The molecule has 0 saturated carbocycles. The van der Waals surface area contributed by atoms with E-state index in [0.717, 1.165) is 0 Å². The Balaban J connectivity index is 3.84. The van der Waals surface area contributed by atoms with Gasteiger partial charge >= 0.3 is 22.8 Å². The molecule has 1 aromatic carbocycles. The van der Waals surface area contributed by atoms with E-state index < -0.39 is 43.7 Å². The van der Waals surface area contributed by atoms with Gasteiger partial charge in [-0.25, -0.2) is 0 Å². The summed E-state index contributed by atoms with van der Waals surface area (Å²) < 4.78 is 33.3. The van der Waals surface area contributed by atoms with Gasteiger partial charge < -0.3 is 29.4 Å². The SMILES string of the molecule is O=P(O)(O)c1cc(Cl)c(P(=O)(O)O)c(P(=O)(O)O)c1. The molecule has 13 heteroatoms. The molecule has 0 atom stereocenters. The van der Waals surface area contributed by atoms with Crippen molar-refractivity contribution in [3.8, 4) is 0 Å². The minimum Gasteiger partial charge on any atom is -0.321 e. The number of halogens is 1. The quantitative estimate of drug-likeness (QED) is 0.363. The van der Waals surface area contributed by atoms with Crippen molar-refractivity contribution < 1.29 is 43.1 Å². The summed E-state index contributed by atoms with van der Waals surface area (Å²) in [7, 11) is -15.2. The van der Waals surface area contributed by atoms with Crippen LogP contribution in [-0.4, -0.2) is 29.4 Å². The predicted octanol–water partition coefficient (Wildman–Crippen LogP) is -1.25. The van der Waals surface area contributed by atoms with Crippen molar-refractivity contribution in [3.05, 3.63) is 17.2 Å². The summed E-state index contributed by atoms with van der Waals surface area (Å²) in [6, 6.07) is 0.887. The third-order valence-electron chi connectivity index (χ3n) is 1.97. The fraction of sp³-hybridized carbons (Fsp3) is 0. The Bertz CT molecular complexity index is 652. The molecule has 0 aliphatic heterocycles. The Hall–Kier alpha value is -0.0400. The van der Waals surface area contributed by atoms with Crippen molar-refractivity contribution in [3.63, 3.8) is 0 Å². The van der Waals surface area contributed by atoms with Crippen LogP contribution >= 0.6 is 34.4 Å². The molecule has 0 fully saturated rings. The summed E-state index contributed by atoms with van der Waals surface area (Å²) in [6.45, 7) is 0. The lowest BCUT2D eigenvalue weighted by Crippen LogP contribution is -2.30. The van der Waals surface area contributed by atoms with Gasteiger partial charge in [-0.15, -0.1) is 0 Å². The molecule has 9 nitrogen and oxygen atoms in total. The van der Waals surface area contributed by atoms with Crippen LogP contribution in [0.4, 0.5) is 0 Å². The first-order valence-corrected chi connectivity index (χ1v) is 9.48. The summed E-state index contributed by atoms with van der Waals surface area (Å²) in [6.07, 6.45) is 0. The molecule has 0 spiro atoms. The van der Waals surface area contributed by atoms with E-state index >= 15 is 0 Å². The fourth-order valence-corrected chi connectivity index (χ4v) is 4.83. The Morgan fingerprint density at radius 1 is 0.789 bits per heavy atom. The maximum absolute atomic E-state index is 11.2. The van der Waals surface area contributed by atoms with Crippen molar-refractivity contribution in [2.24, 2.45) is 0 Å². The average molecular weight is 352 g/mol. The molecule has 6 N–H and O–H groups in total. The van der Waals surface area contributed by atoms with Crippen LogP contribution in [0.5, 0.6) is 0 Å². The summed E-state index contributed by atoms with van der Waals surface area (Å²) in [4.78, 5) is 53.8.